The van der Waals surface area contributed by atoms with E-state index >= 15 is 0 Å². The maximum absolute atomic E-state index is 11.0. The Morgan fingerprint density at radius 2 is 2.42 bits per heavy atom. The van der Waals surface area contributed by atoms with Gasteiger partial charge in [-0.1, -0.05) is 0 Å². The zero-order chi connectivity index (χ0) is 8.97. The van der Waals surface area contributed by atoms with Gasteiger partial charge in [-0.15, -0.1) is 11.3 Å². The Morgan fingerprint density at radius 1 is 1.67 bits per heavy atom. The number of ether oxygens (including phenoxy) is 1. The molecular formula is C9H12O2S. The predicted octanol–water partition coefficient (Wildman–Crippen LogP) is 2.16. The van der Waals surface area contributed by atoms with Crippen LogP contribution >= 0.6 is 11.3 Å². The van der Waals surface area contributed by atoms with Crippen LogP contribution < -0.4 is 0 Å². The van der Waals surface area contributed by atoms with Crippen molar-refractivity contribution in [1.82, 2.24) is 0 Å². The SMILES string of the molecule is CCOC(=O)Cc1cc(C)cs1. The van der Waals surface area contributed by atoms with Crippen molar-refractivity contribution in [2.75, 3.05) is 6.61 Å². The molecule has 0 bridgehead atoms. The minimum absolute atomic E-state index is 0.139. The molecule has 0 N–H and O–H groups in total. The second kappa shape index (κ2) is 4.26. The van der Waals surface area contributed by atoms with E-state index in [-0.39, 0.29) is 5.97 Å². The largest absolute Gasteiger partial charge is 0.466 e. The molecule has 0 aliphatic rings. The zero-order valence-electron chi connectivity index (χ0n) is 7.29. The van der Waals surface area contributed by atoms with Gasteiger partial charge in [-0.3, -0.25) is 4.79 Å². The minimum atomic E-state index is -0.139. The molecule has 0 amide bonds. The molecule has 0 fully saturated rings. The van der Waals surface area contributed by atoms with Gasteiger partial charge in [0, 0.05) is 4.88 Å². The van der Waals surface area contributed by atoms with Crippen molar-refractivity contribution < 1.29 is 9.53 Å². The molecule has 0 saturated carbocycles. The Kier molecular flexibility index (Phi) is 3.29. The molecule has 1 rings (SSSR count). The van der Waals surface area contributed by atoms with Crippen LogP contribution in [-0.4, -0.2) is 12.6 Å². The maximum atomic E-state index is 11.0. The zero-order valence-corrected chi connectivity index (χ0v) is 8.11. The first kappa shape index (κ1) is 9.26. The molecule has 0 atom stereocenters. The maximum Gasteiger partial charge on any atom is 0.311 e. The quantitative estimate of drug-likeness (QED) is 0.673. The third-order valence-electron chi connectivity index (χ3n) is 1.41. The van der Waals surface area contributed by atoms with E-state index < -0.39 is 0 Å². The highest BCUT2D eigenvalue weighted by atomic mass is 32.1. The number of hydrogen-bond donors (Lipinski definition) is 0. The number of carbonyl (C=O) groups is 1. The Morgan fingerprint density at radius 3 is 2.92 bits per heavy atom. The van der Waals surface area contributed by atoms with Gasteiger partial charge in [0.15, 0.2) is 0 Å². The summed E-state index contributed by atoms with van der Waals surface area (Å²) in [4.78, 5) is 12.1. The monoisotopic (exact) mass is 184 g/mol. The van der Waals surface area contributed by atoms with Crippen molar-refractivity contribution in [2.24, 2.45) is 0 Å². The standard InChI is InChI=1S/C9H12O2S/c1-3-11-9(10)5-8-4-7(2)6-12-8/h4,6H,3,5H2,1-2H3. The number of thiophene rings is 1. The van der Waals surface area contributed by atoms with Crippen LogP contribution in [0.2, 0.25) is 0 Å². The van der Waals surface area contributed by atoms with Gasteiger partial charge in [0.25, 0.3) is 0 Å². The predicted molar refractivity (Wildman–Crippen MR) is 49.4 cm³/mol. The topological polar surface area (TPSA) is 26.3 Å². The van der Waals surface area contributed by atoms with Crippen LogP contribution in [0, 0.1) is 6.92 Å². The highest BCUT2D eigenvalue weighted by Gasteiger charge is 2.04. The van der Waals surface area contributed by atoms with Crippen molar-refractivity contribution in [1.29, 1.82) is 0 Å². The molecule has 1 aromatic heterocycles. The third kappa shape index (κ3) is 2.66. The van der Waals surface area contributed by atoms with Crippen LogP contribution in [0.15, 0.2) is 11.4 Å². The smallest absolute Gasteiger partial charge is 0.311 e. The van der Waals surface area contributed by atoms with Gasteiger partial charge >= 0.3 is 5.97 Å². The summed E-state index contributed by atoms with van der Waals surface area (Å²) in [5.74, 6) is -0.139. The van der Waals surface area contributed by atoms with Crippen LogP contribution in [0.4, 0.5) is 0 Å². The van der Waals surface area contributed by atoms with Crippen molar-refractivity contribution in [2.45, 2.75) is 20.3 Å². The fourth-order valence-electron chi connectivity index (χ4n) is 0.938. The Balaban J connectivity index is 2.46. The summed E-state index contributed by atoms with van der Waals surface area (Å²) in [6.45, 7) is 4.30. The molecule has 2 nitrogen and oxygen atoms in total. The van der Waals surface area contributed by atoms with E-state index in [0.717, 1.165) is 4.88 Å². The third-order valence-corrected chi connectivity index (χ3v) is 2.46. The molecule has 0 aromatic carbocycles. The highest BCUT2D eigenvalue weighted by Crippen LogP contribution is 2.14. The summed E-state index contributed by atoms with van der Waals surface area (Å²) in [7, 11) is 0. The first-order valence-electron chi connectivity index (χ1n) is 3.92. The molecule has 0 aliphatic carbocycles. The van der Waals surface area contributed by atoms with E-state index in [1.54, 1.807) is 11.3 Å². The summed E-state index contributed by atoms with van der Waals surface area (Å²) >= 11 is 1.60. The van der Waals surface area contributed by atoms with Gasteiger partial charge in [0.1, 0.15) is 0 Å². The molecule has 0 radical (unpaired) electrons. The Bertz CT molecular complexity index is 265. The number of hydrogen-bond acceptors (Lipinski definition) is 3. The number of esters is 1. The number of carbonyl (C=O) groups excluding carboxylic acids is 1. The summed E-state index contributed by atoms with van der Waals surface area (Å²) in [5, 5.41) is 2.04. The normalized spacial score (nSPS) is 9.83. The van der Waals surface area contributed by atoms with E-state index in [2.05, 4.69) is 0 Å². The fourth-order valence-corrected chi connectivity index (χ4v) is 1.80. The molecule has 0 unspecified atom stereocenters. The lowest BCUT2D eigenvalue weighted by Gasteiger charge is -1.97. The van der Waals surface area contributed by atoms with Crippen LogP contribution in [-0.2, 0) is 16.0 Å². The van der Waals surface area contributed by atoms with Crippen molar-refractivity contribution in [3.63, 3.8) is 0 Å². The summed E-state index contributed by atoms with van der Waals surface area (Å²) < 4.78 is 4.82. The molecule has 0 aliphatic heterocycles. The average molecular weight is 184 g/mol. The summed E-state index contributed by atoms with van der Waals surface area (Å²) in [6.07, 6.45) is 0.409. The van der Waals surface area contributed by atoms with Gasteiger partial charge in [0.2, 0.25) is 0 Å². The highest BCUT2D eigenvalue weighted by molar-refractivity contribution is 7.10. The molecular weight excluding hydrogens is 172 g/mol. The molecule has 0 saturated heterocycles. The molecule has 3 heteroatoms. The Hall–Kier alpha value is -0.830. The lowest BCUT2D eigenvalue weighted by Crippen LogP contribution is -2.06. The van der Waals surface area contributed by atoms with Crippen LogP contribution in [0.3, 0.4) is 0 Å². The van der Waals surface area contributed by atoms with Crippen molar-refractivity contribution >= 4 is 17.3 Å². The van der Waals surface area contributed by atoms with Crippen LogP contribution in [0.1, 0.15) is 17.4 Å². The molecule has 66 valence electrons. The molecule has 12 heavy (non-hydrogen) atoms. The van der Waals surface area contributed by atoms with Gasteiger partial charge in [-0.25, -0.2) is 0 Å². The average Bonchev–Trinajstić information content (AvgIpc) is 2.36. The fraction of sp³-hybridized carbons (Fsp3) is 0.444. The van der Waals surface area contributed by atoms with E-state index in [0.29, 0.717) is 13.0 Å². The van der Waals surface area contributed by atoms with Crippen LogP contribution in [0.25, 0.3) is 0 Å². The molecule has 1 aromatic rings. The summed E-state index contributed by atoms with van der Waals surface area (Å²) in [5.41, 5.74) is 1.21. The second-order valence-corrected chi connectivity index (χ2v) is 3.57. The van der Waals surface area contributed by atoms with Gasteiger partial charge < -0.3 is 4.74 Å². The minimum Gasteiger partial charge on any atom is -0.466 e. The number of aryl methyl sites for hydroxylation is 1. The van der Waals surface area contributed by atoms with E-state index in [4.69, 9.17) is 4.74 Å². The molecule has 0 spiro atoms. The van der Waals surface area contributed by atoms with Crippen molar-refractivity contribution in [3.8, 4) is 0 Å². The van der Waals surface area contributed by atoms with E-state index in [9.17, 15) is 4.79 Å². The van der Waals surface area contributed by atoms with Gasteiger partial charge in [0.05, 0.1) is 13.0 Å². The Labute approximate surface area is 76.2 Å². The summed E-state index contributed by atoms with van der Waals surface area (Å²) in [6, 6.07) is 2.02. The lowest BCUT2D eigenvalue weighted by molar-refractivity contribution is -0.142. The first-order chi connectivity index (χ1) is 5.72. The van der Waals surface area contributed by atoms with E-state index in [1.807, 2.05) is 25.3 Å². The van der Waals surface area contributed by atoms with Gasteiger partial charge in [-0.05, 0) is 30.9 Å². The molecule has 1 heterocycles. The lowest BCUT2D eigenvalue weighted by atomic mass is 10.3. The van der Waals surface area contributed by atoms with Gasteiger partial charge in [-0.2, -0.15) is 0 Å². The van der Waals surface area contributed by atoms with Crippen molar-refractivity contribution in [3.05, 3.63) is 21.9 Å². The second-order valence-electron chi connectivity index (χ2n) is 2.57. The number of rotatable bonds is 3. The first-order valence-corrected chi connectivity index (χ1v) is 4.80. The van der Waals surface area contributed by atoms with E-state index in [1.165, 1.54) is 5.56 Å². The van der Waals surface area contributed by atoms with Crippen LogP contribution in [0.5, 0.6) is 0 Å².